The topological polar surface area (TPSA) is 79.0 Å². The van der Waals surface area contributed by atoms with Crippen LogP contribution in [0.25, 0.3) is 0 Å². The van der Waals surface area contributed by atoms with Crippen molar-refractivity contribution in [1.82, 2.24) is 15.5 Å². The Morgan fingerprint density at radius 1 is 1.38 bits per heavy atom. The number of rotatable bonds is 4. The number of nitrogens with one attached hydrogen (secondary N) is 3. The number of nitrogens with zero attached hydrogens (tertiary/aromatic N) is 1. The summed E-state index contributed by atoms with van der Waals surface area (Å²) in [7, 11) is 0. The molecule has 0 spiro atoms. The van der Waals surface area contributed by atoms with Crippen LogP contribution in [0.1, 0.15) is 24.4 Å². The number of amides is 2. The van der Waals surface area contributed by atoms with Crippen LogP contribution in [-0.4, -0.2) is 28.9 Å². The lowest BCUT2D eigenvalue weighted by atomic mass is 9.99. The van der Waals surface area contributed by atoms with Gasteiger partial charge in [0.1, 0.15) is 0 Å². The molecule has 2 heterocycles. The van der Waals surface area contributed by atoms with Crippen LogP contribution in [0, 0.1) is 0 Å². The highest BCUT2D eigenvalue weighted by Gasteiger charge is 2.28. The third kappa shape index (κ3) is 3.41. The lowest BCUT2D eigenvalue weighted by Gasteiger charge is -2.24. The number of carbonyl (C=O) groups is 1. The van der Waals surface area contributed by atoms with Crippen LogP contribution in [0.4, 0.5) is 10.5 Å². The Bertz CT molecular complexity index is 565. The minimum absolute atomic E-state index is 0.0162. The molecule has 2 unspecified atom stereocenters. The third-order valence-electron chi connectivity index (χ3n) is 3.54. The predicted octanol–water partition coefficient (Wildman–Crippen LogP) is 2.45. The molecule has 6 nitrogen and oxygen atoms in total. The number of aromatic nitrogens is 2. The summed E-state index contributed by atoms with van der Waals surface area (Å²) in [6.07, 6.45) is 5.18. The van der Waals surface area contributed by atoms with Crippen LogP contribution in [0.3, 0.4) is 0 Å². The van der Waals surface area contributed by atoms with Gasteiger partial charge in [-0.1, -0.05) is 30.3 Å². The maximum atomic E-state index is 12.1. The molecule has 1 fully saturated rings. The summed E-state index contributed by atoms with van der Waals surface area (Å²) in [5.74, 6) is 0. The molecule has 1 aliphatic heterocycles. The highest BCUT2D eigenvalue weighted by atomic mass is 16.5. The highest BCUT2D eigenvalue weighted by molar-refractivity contribution is 5.89. The third-order valence-corrected chi connectivity index (χ3v) is 3.54. The van der Waals surface area contributed by atoms with Gasteiger partial charge >= 0.3 is 6.03 Å². The average Bonchev–Trinajstić information content (AvgIpc) is 3.19. The molecule has 0 aliphatic carbocycles. The Kier molecular flexibility index (Phi) is 4.16. The summed E-state index contributed by atoms with van der Waals surface area (Å²) >= 11 is 0. The fraction of sp³-hybridized carbons (Fsp3) is 0.333. The average molecular weight is 286 g/mol. The van der Waals surface area contributed by atoms with Gasteiger partial charge in [-0.3, -0.25) is 5.10 Å². The molecule has 110 valence electrons. The molecule has 0 bridgehead atoms. The van der Waals surface area contributed by atoms with Gasteiger partial charge in [0.05, 0.1) is 24.0 Å². The molecule has 0 radical (unpaired) electrons. The second-order valence-corrected chi connectivity index (χ2v) is 5.03. The molecular formula is C15H18N4O2. The van der Waals surface area contributed by atoms with Crippen LogP contribution in [0.2, 0.25) is 0 Å². The van der Waals surface area contributed by atoms with E-state index in [2.05, 4.69) is 20.8 Å². The summed E-state index contributed by atoms with van der Waals surface area (Å²) in [6.45, 7) is 0.749. The molecule has 3 N–H and O–H groups in total. The number of benzene rings is 1. The first-order chi connectivity index (χ1) is 10.3. The number of carbonyl (C=O) groups excluding carboxylic acids is 1. The normalized spacial score (nSPS) is 19.1. The molecular weight excluding hydrogens is 268 g/mol. The standard InChI is InChI=1S/C15H18N4O2/c20-15(18-12-9-16-17-10-12)19-14(13-7-4-8-21-13)11-5-2-1-3-6-11/h1-3,5-6,9-10,13-14H,4,7-8H2,(H,16,17)(H2,18,19,20). The van der Waals surface area contributed by atoms with Crippen molar-refractivity contribution in [3.8, 4) is 0 Å². The van der Waals surface area contributed by atoms with Crippen LogP contribution < -0.4 is 10.6 Å². The van der Waals surface area contributed by atoms with Gasteiger partial charge < -0.3 is 15.4 Å². The summed E-state index contributed by atoms with van der Waals surface area (Å²) in [5, 5.41) is 12.2. The Morgan fingerprint density at radius 2 is 2.24 bits per heavy atom. The van der Waals surface area contributed by atoms with E-state index in [1.807, 2.05) is 30.3 Å². The summed E-state index contributed by atoms with van der Waals surface area (Å²) < 4.78 is 5.74. The van der Waals surface area contributed by atoms with Gasteiger partial charge in [0.15, 0.2) is 0 Å². The molecule has 21 heavy (non-hydrogen) atoms. The zero-order valence-electron chi connectivity index (χ0n) is 11.6. The van der Waals surface area contributed by atoms with Crippen molar-refractivity contribution in [3.05, 3.63) is 48.3 Å². The van der Waals surface area contributed by atoms with Gasteiger partial charge in [0.25, 0.3) is 0 Å². The number of hydrogen-bond donors (Lipinski definition) is 3. The first-order valence-corrected chi connectivity index (χ1v) is 7.06. The van der Waals surface area contributed by atoms with Gasteiger partial charge in [0, 0.05) is 12.8 Å². The molecule has 6 heteroatoms. The number of aromatic amines is 1. The highest BCUT2D eigenvalue weighted by Crippen LogP contribution is 2.26. The van der Waals surface area contributed by atoms with E-state index in [4.69, 9.17) is 4.74 Å². The fourth-order valence-electron chi connectivity index (χ4n) is 2.54. The summed E-state index contributed by atoms with van der Waals surface area (Å²) in [6, 6.07) is 9.48. The van der Waals surface area contributed by atoms with Crippen LogP contribution >= 0.6 is 0 Å². The van der Waals surface area contributed by atoms with Gasteiger partial charge in [-0.25, -0.2) is 4.79 Å². The zero-order chi connectivity index (χ0) is 14.5. The van der Waals surface area contributed by atoms with Gasteiger partial charge in [0.2, 0.25) is 0 Å². The molecule has 2 atom stereocenters. The molecule has 1 saturated heterocycles. The molecule has 0 saturated carbocycles. The Hall–Kier alpha value is -2.34. The lowest BCUT2D eigenvalue weighted by Crippen LogP contribution is -2.38. The van der Waals surface area contributed by atoms with Crippen LogP contribution in [0.5, 0.6) is 0 Å². The zero-order valence-corrected chi connectivity index (χ0v) is 11.6. The second kappa shape index (κ2) is 6.41. The van der Waals surface area contributed by atoms with Crippen molar-refractivity contribution in [1.29, 1.82) is 0 Å². The van der Waals surface area contributed by atoms with Crippen molar-refractivity contribution in [2.75, 3.05) is 11.9 Å². The molecule has 1 aromatic carbocycles. The number of urea groups is 1. The van der Waals surface area contributed by atoms with Gasteiger partial charge in [-0.05, 0) is 18.4 Å². The van der Waals surface area contributed by atoms with E-state index >= 15 is 0 Å². The maximum Gasteiger partial charge on any atom is 0.319 e. The second-order valence-electron chi connectivity index (χ2n) is 5.03. The van der Waals surface area contributed by atoms with E-state index in [0.29, 0.717) is 5.69 Å². The summed E-state index contributed by atoms with van der Waals surface area (Å²) in [4.78, 5) is 12.1. The van der Waals surface area contributed by atoms with Crippen LogP contribution in [0.15, 0.2) is 42.7 Å². The van der Waals surface area contributed by atoms with E-state index in [-0.39, 0.29) is 18.2 Å². The molecule has 1 aromatic heterocycles. The number of ether oxygens (including phenoxy) is 1. The van der Waals surface area contributed by atoms with Crippen molar-refractivity contribution in [3.63, 3.8) is 0 Å². The van der Waals surface area contributed by atoms with Gasteiger partial charge in [-0.2, -0.15) is 5.10 Å². The van der Waals surface area contributed by atoms with E-state index in [0.717, 1.165) is 25.0 Å². The minimum Gasteiger partial charge on any atom is -0.376 e. The first kappa shape index (κ1) is 13.6. The Morgan fingerprint density at radius 3 is 2.90 bits per heavy atom. The number of hydrogen-bond acceptors (Lipinski definition) is 3. The summed E-state index contributed by atoms with van der Waals surface area (Å²) in [5.41, 5.74) is 1.68. The Balaban J connectivity index is 1.71. The quantitative estimate of drug-likeness (QED) is 0.807. The molecule has 2 aromatic rings. The van der Waals surface area contributed by atoms with Crippen molar-refractivity contribution < 1.29 is 9.53 Å². The largest absolute Gasteiger partial charge is 0.376 e. The first-order valence-electron chi connectivity index (χ1n) is 7.06. The molecule has 1 aliphatic rings. The van der Waals surface area contributed by atoms with Crippen molar-refractivity contribution in [2.24, 2.45) is 0 Å². The van der Waals surface area contributed by atoms with E-state index in [1.54, 1.807) is 12.4 Å². The Labute approximate surface area is 122 Å². The van der Waals surface area contributed by atoms with E-state index < -0.39 is 0 Å². The molecule has 3 rings (SSSR count). The predicted molar refractivity (Wildman–Crippen MR) is 78.9 cm³/mol. The number of H-pyrrole nitrogens is 1. The minimum atomic E-state index is -0.263. The van der Waals surface area contributed by atoms with Crippen molar-refractivity contribution in [2.45, 2.75) is 25.0 Å². The van der Waals surface area contributed by atoms with Crippen molar-refractivity contribution >= 4 is 11.7 Å². The van der Waals surface area contributed by atoms with Gasteiger partial charge in [-0.15, -0.1) is 0 Å². The van der Waals surface area contributed by atoms with Crippen LogP contribution in [-0.2, 0) is 4.74 Å². The smallest absolute Gasteiger partial charge is 0.319 e. The van der Waals surface area contributed by atoms with E-state index in [1.165, 1.54) is 0 Å². The SMILES string of the molecule is O=C(Nc1cn[nH]c1)NC(c1ccccc1)C1CCCO1. The molecule has 2 amide bonds. The monoisotopic (exact) mass is 286 g/mol. The lowest BCUT2D eigenvalue weighted by molar-refractivity contribution is 0.0815. The maximum absolute atomic E-state index is 12.1. The number of anilines is 1. The van der Waals surface area contributed by atoms with E-state index in [9.17, 15) is 4.79 Å². The fourth-order valence-corrected chi connectivity index (χ4v) is 2.54.